The smallest absolute Gasteiger partial charge is 0.266 e. The Morgan fingerprint density at radius 1 is 1.30 bits per heavy atom. The van der Waals surface area contributed by atoms with Crippen LogP contribution in [0.4, 0.5) is 11.4 Å². The molecule has 0 spiro atoms. The third-order valence-corrected chi connectivity index (χ3v) is 6.50. The van der Waals surface area contributed by atoms with Crippen molar-refractivity contribution < 1.29 is 9.53 Å². The van der Waals surface area contributed by atoms with Crippen LogP contribution in [0.3, 0.4) is 0 Å². The van der Waals surface area contributed by atoms with Crippen molar-refractivity contribution in [3.63, 3.8) is 0 Å². The summed E-state index contributed by atoms with van der Waals surface area (Å²) in [7, 11) is 1.63. The van der Waals surface area contributed by atoms with E-state index in [-0.39, 0.29) is 11.1 Å². The molecular formula is C28H35N3O2. The van der Waals surface area contributed by atoms with Crippen LogP contribution in [-0.4, -0.2) is 25.1 Å². The second-order valence-corrected chi connectivity index (χ2v) is 9.36. The summed E-state index contributed by atoms with van der Waals surface area (Å²) in [5.41, 5.74) is 5.01. The van der Waals surface area contributed by atoms with E-state index in [1.807, 2.05) is 31.2 Å². The molecule has 0 saturated carbocycles. The van der Waals surface area contributed by atoms with Crippen LogP contribution >= 0.6 is 0 Å². The molecule has 0 saturated heterocycles. The minimum absolute atomic E-state index is 0.0494. The van der Waals surface area contributed by atoms with E-state index in [0.717, 1.165) is 42.6 Å². The third kappa shape index (κ3) is 5.06. The second-order valence-electron chi connectivity index (χ2n) is 9.36. The Bertz CT molecular complexity index is 1090. The Labute approximate surface area is 198 Å². The maximum absolute atomic E-state index is 12.9. The zero-order valence-electron chi connectivity index (χ0n) is 20.7. The number of carbonyl (C=O) groups is 1. The highest BCUT2D eigenvalue weighted by atomic mass is 16.5. The molecule has 1 aliphatic rings. The summed E-state index contributed by atoms with van der Waals surface area (Å²) in [6, 6.07) is 13.9. The van der Waals surface area contributed by atoms with Crippen molar-refractivity contribution in [2.75, 3.05) is 23.9 Å². The molecule has 1 N–H and O–H groups in total. The highest BCUT2D eigenvalue weighted by Gasteiger charge is 2.36. The van der Waals surface area contributed by atoms with Crippen LogP contribution in [0.2, 0.25) is 0 Å². The molecule has 0 fully saturated rings. The maximum Gasteiger partial charge on any atom is 0.266 e. The average molecular weight is 446 g/mol. The Hall–Kier alpha value is -3.26. The van der Waals surface area contributed by atoms with Crippen molar-refractivity contribution in [2.45, 2.75) is 65.3 Å². The van der Waals surface area contributed by atoms with Gasteiger partial charge in [0.1, 0.15) is 17.4 Å². The van der Waals surface area contributed by atoms with Crippen molar-refractivity contribution in [1.29, 1.82) is 5.26 Å². The molecular weight excluding hydrogens is 410 g/mol. The van der Waals surface area contributed by atoms with Crippen LogP contribution in [0, 0.1) is 11.3 Å². The Kier molecular flexibility index (Phi) is 7.48. The number of anilines is 2. The molecule has 1 heterocycles. The van der Waals surface area contributed by atoms with Crippen molar-refractivity contribution in [3.8, 4) is 11.8 Å². The lowest BCUT2D eigenvalue weighted by atomic mass is 9.79. The number of ether oxygens (including phenoxy) is 1. The molecule has 0 radical (unpaired) electrons. The standard InChI is InChI=1S/C28H35N3O2/c1-7-13-31-25-16-26(33-6)21(15-23(25)19(3)17-28(31,4)5)14-22(18-29)27(32)30-24-12-10-9-11-20(24)8-2/h9-12,14-16,19H,7-8,13,17H2,1-6H3,(H,30,32)/b22-14+. The Morgan fingerprint density at radius 3 is 2.67 bits per heavy atom. The molecule has 1 unspecified atom stereocenters. The fourth-order valence-corrected chi connectivity index (χ4v) is 4.91. The van der Waals surface area contributed by atoms with Gasteiger partial charge in [-0.05, 0) is 68.4 Å². The normalized spacial score (nSPS) is 17.2. The van der Waals surface area contributed by atoms with Crippen molar-refractivity contribution in [3.05, 3.63) is 58.7 Å². The summed E-state index contributed by atoms with van der Waals surface area (Å²) in [5, 5.41) is 12.7. The summed E-state index contributed by atoms with van der Waals surface area (Å²) >= 11 is 0. The molecule has 33 heavy (non-hydrogen) atoms. The first-order valence-electron chi connectivity index (χ1n) is 11.8. The molecule has 1 atom stereocenters. The molecule has 0 aromatic heterocycles. The minimum atomic E-state index is -0.417. The molecule has 1 aliphatic heterocycles. The van der Waals surface area contributed by atoms with Crippen molar-refractivity contribution in [2.24, 2.45) is 0 Å². The first-order chi connectivity index (χ1) is 15.7. The van der Waals surface area contributed by atoms with Gasteiger partial charge < -0.3 is 15.0 Å². The summed E-state index contributed by atoms with van der Waals surface area (Å²) in [5.74, 6) is 0.603. The predicted octanol–water partition coefficient (Wildman–Crippen LogP) is 6.31. The van der Waals surface area contributed by atoms with Gasteiger partial charge in [0.2, 0.25) is 0 Å². The first kappa shape index (κ1) is 24.4. The molecule has 0 bridgehead atoms. The van der Waals surface area contributed by atoms with Crippen LogP contribution in [0.15, 0.2) is 42.0 Å². The van der Waals surface area contributed by atoms with E-state index >= 15 is 0 Å². The van der Waals surface area contributed by atoms with Crippen LogP contribution in [0.1, 0.15) is 70.1 Å². The van der Waals surface area contributed by atoms with Gasteiger partial charge >= 0.3 is 0 Å². The van der Waals surface area contributed by atoms with E-state index in [1.165, 1.54) is 11.3 Å². The van der Waals surface area contributed by atoms with Crippen molar-refractivity contribution in [1.82, 2.24) is 0 Å². The van der Waals surface area contributed by atoms with Crippen LogP contribution in [0.5, 0.6) is 5.75 Å². The quantitative estimate of drug-likeness (QED) is 0.401. The van der Waals surface area contributed by atoms with E-state index in [2.05, 4.69) is 56.1 Å². The van der Waals surface area contributed by atoms with Gasteiger partial charge in [-0.15, -0.1) is 0 Å². The number of para-hydroxylation sites is 1. The second kappa shape index (κ2) is 10.1. The van der Waals surface area contributed by atoms with Gasteiger partial charge in [-0.1, -0.05) is 39.0 Å². The third-order valence-electron chi connectivity index (χ3n) is 6.50. The summed E-state index contributed by atoms with van der Waals surface area (Å²) < 4.78 is 5.71. The summed E-state index contributed by atoms with van der Waals surface area (Å²) in [4.78, 5) is 15.4. The average Bonchev–Trinajstić information content (AvgIpc) is 2.79. The van der Waals surface area contributed by atoms with Crippen LogP contribution < -0.4 is 15.0 Å². The van der Waals surface area contributed by atoms with E-state index in [9.17, 15) is 10.1 Å². The Morgan fingerprint density at radius 2 is 2.03 bits per heavy atom. The number of nitriles is 1. The number of fused-ring (bicyclic) bond motifs is 1. The summed E-state index contributed by atoms with van der Waals surface area (Å²) in [6.45, 7) is 12.0. The number of carbonyl (C=O) groups excluding carboxylic acids is 1. The molecule has 1 amide bonds. The number of nitrogens with one attached hydrogen (secondary N) is 1. The zero-order chi connectivity index (χ0) is 24.2. The number of amides is 1. The first-order valence-corrected chi connectivity index (χ1v) is 11.8. The van der Waals surface area contributed by atoms with Crippen molar-refractivity contribution >= 4 is 23.4 Å². The van der Waals surface area contributed by atoms with Gasteiger partial charge in [0.05, 0.1) is 7.11 Å². The van der Waals surface area contributed by atoms with E-state index in [1.54, 1.807) is 13.2 Å². The van der Waals surface area contributed by atoms with Crippen LogP contribution in [0.25, 0.3) is 6.08 Å². The number of methoxy groups -OCH3 is 1. The molecule has 2 aromatic rings. The zero-order valence-corrected chi connectivity index (χ0v) is 20.7. The monoisotopic (exact) mass is 445 g/mol. The van der Waals surface area contributed by atoms with Gasteiger partial charge in [-0.2, -0.15) is 5.26 Å². The number of hydrogen-bond donors (Lipinski definition) is 1. The summed E-state index contributed by atoms with van der Waals surface area (Å²) in [6.07, 6.45) is 4.52. The molecule has 2 aromatic carbocycles. The largest absolute Gasteiger partial charge is 0.496 e. The lowest BCUT2D eigenvalue weighted by molar-refractivity contribution is -0.112. The predicted molar refractivity (Wildman–Crippen MR) is 136 cm³/mol. The SMILES string of the molecule is CCCN1c2cc(OC)c(/C=C(\C#N)C(=O)Nc3ccccc3CC)cc2C(C)CC1(C)C. The number of aryl methyl sites for hydroxylation is 1. The topological polar surface area (TPSA) is 65.4 Å². The molecule has 3 rings (SSSR count). The highest BCUT2D eigenvalue weighted by molar-refractivity contribution is 6.10. The van der Waals surface area contributed by atoms with Crippen LogP contribution in [-0.2, 0) is 11.2 Å². The van der Waals surface area contributed by atoms with Gasteiger partial charge in [-0.3, -0.25) is 4.79 Å². The highest BCUT2D eigenvalue weighted by Crippen LogP contribution is 2.46. The number of benzene rings is 2. The van der Waals surface area contributed by atoms with E-state index in [4.69, 9.17) is 4.74 Å². The number of rotatable bonds is 7. The molecule has 174 valence electrons. The fraction of sp³-hybridized carbons (Fsp3) is 0.429. The van der Waals surface area contributed by atoms with Gasteiger partial charge in [0.15, 0.2) is 0 Å². The fourth-order valence-electron chi connectivity index (χ4n) is 4.91. The van der Waals surface area contributed by atoms with E-state index in [0.29, 0.717) is 11.7 Å². The number of hydrogen-bond acceptors (Lipinski definition) is 4. The Balaban J connectivity index is 2.02. The lowest BCUT2D eigenvalue weighted by Crippen LogP contribution is -2.48. The van der Waals surface area contributed by atoms with E-state index < -0.39 is 5.91 Å². The van der Waals surface area contributed by atoms with Gasteiger partial charge in [0.25, 0.3) is 5.91 Å². The molecule has 5 heteroatoms. The molecule has 5 nitrogen and oxygen atoms in total. The van der Waals surface area contributed by atoms with Gasteiger partial charge in [0, 0.05) is 35.1 Å². The minimum Gasteiger partial charge on any atom is -0.496 e. The van der Waals surface area contributed by atoms with Gasteiger partial charge in [-0.25, -0.2) is 0 Å². The maximum atomic E-state index is 12.9. The molecule has 0 aliphatic carbocycles. The number of nitrogens with zero attached hydrogens (tertiary/aromatic N) is 2. The lowest BCUT2D eigenvalue weighted by Gasteiger charge is -2.47.